The van der Waals surface area contributed by atoms with Gasteiger partial charge < -0.3 is 19.9 Å². The van der Waals surface area contributed by atoms with E-state index in [0.29, 0.717) is 30.8 Å². The van der Waals surface area contributed by atoms with Crippen LogP contribution in [0.5, 0.6) is 5.75 Å². The van der Waals surface area contributed by atoms with Gasteiger partial charge in [-0.05, 0) is 67.8 Å². The summed E-state index contributed by atoms with van der Waals surface area (Å²) in [6, 6.07) is 12.1. The Labute approximate surface area is 204 Å². The van der Waals surface area contributed by atoms with E-state index in [0.717, 1.165) is 47.2 Å². The molecule has 0 radical (unpaired) electrons. The van der Waals surface area contributed by atoms with E-state index in [1.54, 1.807) is 43.2 Å². The molecule has 3 heterocycles. The number of anilines is 1. The second-order valence-corrected chi connectivity index (χ2v) is 9.30. The molecule has 0 bridgehead atoms. The zero-order valence-corrected chi connectivity index (χ0v) is 20.3. The van der Waals surface area contributed by atoms with Crippen molar-refractivity contribution >= 4 is 34.4 Å². The number of hydrogen-bond donors (Lipinski definition) is 2. The number of imide groups is 1. The number of carbonyl (C=O) groups is 3. The van der Waals surface area contributed by atoms with E-state index in [4.69, 9.17) is 4.74 Å². The summed E-state index contributed by atoms with van der Waals surface area (Å²) in [5, 5.41) is 3.92. The maximum absolute atomic E-state index is 13.8. The minimum atomic E-state index is -1.13. The number of amides is 4. The monoisotopic (exact) mass is 474 g/mol. The van der Waals surface area contributed by atoms with Crippen LogP contribution in [0.1, 0.15) is 54.7 Å². The smallest absolute Gasteiger partial charge is 0.332 e. The number of benzene rings is 2. The predicted molar refractivity (Wildman–Crippen MR) is 134 cm³/mol. The van der Waals surface area contributed by atoms with Gasteiger partial charge in [0.2, 0.25) is 0 Å². The Hall–Kier alpha value is -3.81. The molecule has 4 amide bonds. The normalized spacial score (nSPS) is 19.2. The summed E-state index contributed by atoms with van der Waals surface area (Å²) in [6.07, 6.45) is 3.74. The van der Waals surface area contributed by atoms with Crippen LogP contribution in [-0.4, -0.2) is 47.9 Å². The van der Waals surface area contributed by atoms with E-state index in [1.807, 2.05) is 18.2 Å². The number of aromatic nitrogens is 1. The van der Waals surface area contributed by atoms with E-state index >= 15 is 0 Å². The van der Waals surface area contributed by atoms with Crippen LogP contribution < -0.4 is 15.0 Å². The maximum atomic E-state index is 13.8. The summed E-state index contributed by atoms with van der Waals surface area (Å²) < 4.78 is 5.38. The van der Waals surface area contributed by atoms with Gasteiger partial charge in [-0.25, -0.2) is 9.69 Å². The average molecular weight is 475 g/mol. The fourth-order valence-corrected chi connectivity index (χ4v) is 5.21. The molecule has 8 nitrogen and oxygen atoms in total. The number of ether oxygens (including phenoxy) is 1. The number of methoxy groups -OCH3 is 1. The molecule has 2 aromatic carbocycles. The number of nitrogens with zero attached hydrogens (tertiary/aromatic N) is 2. The molecular formula is C27H30N4O4. The highest BCUT2D eigenvalue weighted by Crippen LogP contribution is 2.45. The van der Waals surface area contributed by atoms with Gasteiger partial charge in [0, 0.05) is 29.6 Å². The molecule has 1 fully saturated rings. The first-order valence-electron chi connectivity index (χ1n) is 12.1. The molecule has 3 aromatic rings. The minimum absolute atomic E-state index is 0.158. The lowest BCUT2D eigenvalue weighted by atomic mass is 9.87. The molecule has 2 N–H and O–H groups in total. The Kier molecular flexibility index (Phi) is 5.75. The molecule has 2 aliphatic rings. The lowest BCUT2D eigenvalue weighted by Crippen LogP contribution is -2.49. The van der Waals surface area contributed by atoms with Crippen LogP contribution in [0.3, 0.4) is 0 Å². The molecule has 182 valence electrons. The first-order valence-corrected chi connectivity index (χ1v) is 12.1. The summed E-state index contributed by atoms with van der Waals surface area (Å²) in [5.41, 5.74) is 2.52. The highest BCUT2D eigenvalue weighted by molar-refractivity contribution is 6.23. The van der Waals surface area contributed by atoms with Crippen molar-refractivity contribution < 1.29 is 19.1 Å². The van der Waals surface area contributed by atoms with Gasteiger partial charge >= 0.3 is 6.03 Å². The molecule has 0 unspecified atom stereocenters. The third-order valence-corrected chi connectivity index (χ3v) is 7.22. The van der Waals surface area contributed by atoms with Crippen LogP contribution >= 0.6 is 0 Å². The van der Waals surface area contributed by atoms with Crippen molar-refractivity contribution in [1.82, 2.24) is 15.2 Å². The largest absolute Gasteiger partial charge is 0.497 e. The number of nitrogens with one attached hydrogen (secondary N) is 2. The summed E-state index contributed by atoms with van der Waals surface area (Å²) >= 11 is 0. The number of hydrogen-bond acceptors (Lipinski definition) is 4. The summed E-state index contributed by atoms with van der Waals surface area (Å²) in [5.74, 6) is 0.282. The van der Waals surface area contributed by atoms with Crippen LogP contribution in [0.25, 0.3) is 10.9 Å². The molecule has 0 aliphatic carbocycles. The van der Waals surface area contributed by atoms with E-state index in [-0.39, 0.29) is 17.8 Å². The highest BCUT2D eigenvalue weighted by atomic mass is 16.5. The van der Waals surface area contributed by atoms with Crippen LogP contribution in [-0.2, 0) is 16.8 Å². The van der Waals surface area contributed by atoms with Gasteiger partial charge in [0.15, 0.2) is 5.54 Å². The molecule has 8 heteroatoms. The lowest BCUT2D eigenvalue weighted by molar-refractivity contribution is -0.125. The Balaban J connectivity index is 1.43. The fourth-order valence-electron chi connectivity index (χ4n) is 5.21. The predicted octanol–water partition coefficient (Wildman–Crippen LogP) is 4.34. The number of H-pyrrole nitrogens is 1. The summed E-state index contributed by atoms with van der Waals surface area (Å²) in [4.78, 5) is 45.9. The zero-order chi connectivity index (χ0) is 24.7. The number of rotatable bonds is 7. The van der Waals surface area contributed by atoms with E-state index in [9.17, 15) is 14.4 Å². The number of carbonyl (C=O) groups excluding carboxylic acids is 3. The second kappa shape index (κ2) is 8.76. The van der Waals surface area contributed by atoms with Crippen molar-refractivity contribution in [3.8, 4) is 5.75 Å². The molecule has 0 spiro atoms. The number of aromatic amines is 1. The third kappa shape index (κ3) is 3.55. The Morgan fingerprint density at radius 1 is 1.14 bits per heavy atom. The third-order valence-electron chi connectivity index (χ3n) is 7.22. The topological polar surface area (TPSA) is 94.7 Å². The van der Waals surface area contributed by atoms with Gasteiger partial charge in [0.25, 0.3) is 11.8 Å². The fraction of sp³-hybridized carbons (Fsp3) is 0.370. The van der Waals surface area contributed by atoms with Crippen LogP contribution in [0, 0.1) is 0 Å². The van der Waals surface area contributed by atoms with E-state index in [1.165, 1.54) is 4.90 Å². The van der Waals surface area contributed by atoms with Crippen molar-refractivity contribution in [2.45, 2.75) is 45.1 Å². The Morgan fingerprint density at radius 2 is 1.91 bits per heavy atom. The standard InChI is InChI=1S/C27H30N4O4/c1-4-5-6-14-28-24(32)17-7-9-18(10-8-17)31-25(33)27(2)23-20(13-15-30(27)26(31)34)21-16-19(35-3)11-12-22(21)29-23/h7-12,16,29H,4-6,13-15H2,1-3H3,(H,28,32)/t27-/m0/s1. The number of urea groups is 1. The van der Waals surface area contributed by atoms with Gasteiger partial charge in [0.1, 0.15) is 5.75 Å². The van der Waals surface area contributed by atoms with Crippen LogP contribution in [0.2, 0.25) is 0 Å². The highest BCUT2D eigenvalue weighted by Gasteiger charge is 2.59. The van der Waals surface area contributed by atoms with Gasteiger partial charge in [0.05, 0.1) is 18.5 Å². The molecule has 1 saturated heterocycles. The van der Waals surface area contributed by atoms with Gasteiger partial charge in [-0.1, -0.05) is 19.8 Å². The van der Waals surface area contributed by atoms with E-state index in [2.05, 4.69) is 17.2 Å². The van der Waals surface area contributed by atoms with Crippen LogP contribution in [0.15, 0.2) is 42.5 Å². The molecule has 1 aromatic heterocycles. The van der Waals surface area contributed by atoms with Crippen molar-refractivity contribution in [3.63, 3.8) is 0 Å². The van der Waals surface area contributed by atoms with Crippen molar-refractivity contribution in [1.29, 1.82) is 0 Å². The van der Waals surface area contributed by atoms with Gasteiger partial charge in [-0.15, -0.1) is 0 Å². The summed E-state index contributed by atoms with van der Waals surface area (Å²) in [7, 11) is 1.63. The quantitative estimate of drug-likeness (QED) is 0.394. The maximum Gasteiger partial charge on any atom is 0.332 e. The second-order valence-electron chi connectivity index (χ2n) is 9.30. The minimum Gasteiger partial charge on any atom is -0.497 e. The molecular weight excluding hydrogens is 444 g/mol. The molecule has 35 heavy (non-hydrogen) atoms. The van der Waals surface area contributed by atoms with Crippen molar-refractivity contribution in [3.05, 3.63) is 59.3 Å². The van der Waals surface area contributed by atoms with Crippen molar-refractivity contribution in [2.75, 3.05) is 25.1 Å². The Bertz CT molecular complexity index is 1310. The average Bonchev–Trinajstić information content (AvgIpc) is 3.34. The van der Waals surface area contributed by atoms with Crippen LogP contribution in [0.4, 0.5) is 10.5 Å². The molecule has 5 rings (SSSR count). The lowest BCUT2D eigenvalue weighted by Gasteiger charge is -2.35. The first-order chi connectivity index (χ1) is 16.9. The first kappa shape index (κ1) is 23.0. The Morgan fingerprint density at radius 3 is 2.63 bits per heavy atom. The molecule has 1 atom stereocenters. The molecule has 0 saturated carbocycles. The number of unbranched alkanes of at least 4 members (excludes halogenated alkanes) is 2. The number of fused-ring (bicyclic) bond motifs is 5. The van der Waals surface area contributed by atoms with E-state index < -0.39 is 5.54 Å². The zero-order valence-electron chi connectivity index (χ0n) is 20.3. The van der Waals surface area contributed by atoms with Crippen molar-refractivity contribution in [2.24, 2.45) is 0 Å². The SMILES string of the molecule is CCCCCNC(=O)c1ccc(N2C(=O)N3CCc4c([nH]c5ccc(OC)cc45)[C@@]3(C)C2=O)cc1. The molecule has 2 aliphatic heterocycles. The van der Waals surface area contributed by atoms with Gasteiger partial charge in [-0.3, -0.25) is 9.59 Å². The summed E-state index contributed by atoms with van der Waals surface area (Å²) in [6.45, 7) is 4.98. The van der Waals surface area contributed by atoms with Gasteiger partial charge in [-0.2, -0.15) is 0 Å².